The summed E-state index contributed by atoms with van der Waals surface area (Å²) in [5.74, 6) is -2.78. The van der Waals surface area contributed by atoms with E-state index in [4.69, 9.17) is 4.74 Å². The molecule has 1 unspecified atom stereocenters. The topological polar surface area (TPSA) is 55.4 Å². The summed E-state index contributed by atoms with van der Waals surface area (Å²) in [4.78, 5) is 26.7. The molecule has 0 saturated carbocycles. The molecule has 0 aromatic heterocycles. The fraction of sp³-hybridized carbons (Fsp3) is 0.257. The Hall–Kier alpha value is -4.51. The Morgan fingerprint density at radius 1 is 0.696 bits per heavy atom. The van der Waals surface area contributed by atoms with Gasteiger partial charge in [-0.2, -0.15) is 26.3 Å². The van der Waals surface area contributed by atoms with E-state index in [0.29, 0.717) is 12.1 Å². The molecule has 0 fully saturated rings. The Bertz CT molecular complexity index is 1610. The molecule has 0 saturated heterocycles. The van der Waals surface area contributed by atoms with Gasteiger partial charge in [-0.15, -0.1) is 0 Å². The summed E-state index contributed by atoms with van der Waals surface area (Å²) in [6.45, 7) is 4.95. The molecule has 4 aromatic carbocycles. The molecule has 0 bridgehead atoms. The number of rotatable bonds is 9. The van der Waals surface area contributed by atoms with Gasteiger partial charge in [0.25, 0.3) is 0 Å². The third kappa shape index (κ3) is 8.81. The van der Waals surface area contributed by atoms with Gasteiger partial charge in [0, 0.05) is 17.5 Å². The summed E-state index contributed by atoms with van der Waals surface area (Å²) >= 11 is 0. The van der Waals surface area contributed by atoms with Crippen LogP contribution < -0.4 is 5.32 Å². The zero-order valence-electron chi connectivity index (χ0n) is 25.0. The first-order valence-electron chi connectivity index (χ1n) is 14.1. The van der Waals surface area contributed by atoms with Gasteiger partial charge in [-0.3, -0.25) is 14.9 Å². The predicted molar refractivity (Wildman–Crippen MR) is 157 cm³/mol. The molecular weight excluding hydrogens is 615 g/mol. The molecule has 1 N–H and O–H groups in total. The van der Waals surface area contributed by atoms with Gasteiger partial charge in [0.1, 0.15) is 17.5 Å². The number of ketones is 1. The Morgan fingerprint density at radius 2 is 1.20 bits per heavy atom. The van der Waals surface area contributed by atoms with Crippen LogP contribution in [0, 0.1) is 5.82 Å². The molecule has 46 heavy (non-hydrogen) atoms. The van der Waals surface area contributed by atoms with Crippen LogP contribution in [0.3, 0.4) is 0 Å². The molecule has 0 heterocycles. The Kier molecular flexibility index (Phi) is 10.1. The number of alkyl halides is 6. The van der Waals surface area contributed by atoms with Gasteiger partial charge in [0.05, 0.1) is 17.2 Å². The second kappa shape index (κ2) is 13.5. The van der Waals surface area contributed by atoms with Gasteiger partial charge in [0.15, 0.2) is 5.78 Å². The number of halogens is 7. The van der Waals surface area contributed by atoms with Crippen LogP contribution in [0.4, 0.5) is 30.7 Å². The fourth-order valence-electron chi connectivity index (χ4n) is 4.81. The largest absolute Gasteiger partial charge is 0.459 e. The maximum Gasteiger partial charge on any atom is 0.416 e. The van der Waals surface area contributed by atoms with Crippen molar-refractivity contribution >= 4 is 11.8 Å². The minimum Gasteiger partial charge on any atom is -0.459 e. The quantitative estimate of drug-likeness (QED) is 0.112. The third-order valence-electron chi connectivity index (χ3n) is 6.91. The molecule has 4 aromatic rings. The summed E-state index contributed by atoms with van der Waals surface area (Å²) < 4.78 is 101. The number of carbonyl (C=O) groups is 2. The maximum atomic E-state index is 15.2. The van der Waals surface area contributed by atoms with Crippen LogP contribution in [0.2, 0.25) is 0 Å². The van der Waals surface area contributed by atoms with E-state index in [2.05, 4.69) is 5.32 Å². The maximum absolute atomic E-state index is 15.2. The van der Waals surface area contributed by atoms with Crippen molar-refractivity contribution in [3.05, 3.63) is 142 Å². The number of carbonyl (C=O) groups excluding carboxylic acids is 2. The summed E-state index contributed by atoms with van der Waals surface area (Å²) in [5.41, 5.74) is -4.12. The first-order valence-corrected chi connectivity index (χ1v) is 14.1. The summed E-state index contributed by atoms with van der Waals surface area (Å²) in [7, 11) is 0. The third-order valence-corrected chi connectivity index (χ3v) is 6.91. The van der Waals surface area contributed by atoms with Gasteiger partial charge < -0.3 is 4.74 Å². The number of ether oxygens (including phenoxy) is 1. The monoisotopic (exact) mass is 645 g/mol. The van der Waals surface area contributed by atoms with E-state index in [1.54, 1.807) is 20.8 Å². The fourth-order valence-corrected chi connectivity index (χ4v) is 4.81. The second-order valence-electron chi connectivity index (χ2n) is 11.6. The van der Waals surface area contributed by atoms with Gasteiger partial charge in [-0.05, 0) is 73.9 Å². The Morgan fingerprint density at radius 3 is 1.65 bits per heavy atom. The van der Waals surface area contributed by atoms with Gasteiger partial charge >= 0.3 is 18.3 Å². The molecule has 1 atom stereocenters. The summed E-state index contributed by atoms with van der Waals surface area (Å²) in [5, 5.41) is 3.24. The van der Waals surface area contributed by atoms with Crippen molar-refractivity contribution in [3.8, 4) is 0 Å². The van der Waals surface area contributed by atoms with Crippen molar-refractivity contribution < 1.29 is 45.1 Å². The molecule has 4 rings (SSSR count). The van der Waals surface area contributed by atoms with Gasteiger partial charge in [-0.1, -0.05) is 60.7 Å². The molecule has 4 nitrogen and oxygen atoms in total. The number of hydrogen-bond donors (Lipinski definition) is 1. The minimum absolute atomic E-state index is 0.0835. The number of benzene rings is 4. The number of esters is 1. The van der Waals surface area contributed by atoms with E-state index in [1.165, 1.54) is 0 Å². The minimum atomic E-state index is -5.16. The first-order chi connectivity index (χ1) is 21.4. The highest BCUT2D eigenvalue weighted by atomic mass is 19.4. The molecule has 0 spiro atoms. The lowest BCUT2D eigenvalue weighted by Gasteiger charge is -2.29. The van der Waals surface area contributed by atoms with Crippen LogP contribution in [0.1, 0.15) is 70.6 Å². The molecule has 0 aliphatic carbocycles. The number of nitrogens with one attached hydrogen (secondary N) is 1. The van der Waals surface area contributed by atoms with Gasteiger partial charge in [0.2, 0.25) is 0 Å². The van der Waals surface area contributed by atoms with Crippen molar-refractivity contribution in [1.82, 2.24) is 5.32 Å². The molecular formula is C35H30F7NO3. The van der Waals surface area contributed by atoms with E-state index in [-0.39, 0.29) is 23.6 Å². The Balaban J connectivity index is 1.74. The number of hydrogen-bond acceptors (Lipinski definition) is 4. The van der Waals surface area contributed by atoms with E-state index >= 15 is 4.39 Å². The highest BCUT2D eigenvalue weighted by Crippen LogP contribution is 2.37. The highest BCUT2D eigenvalue weighted by molar-refractivity contribution is 6.09. The predicted octanol–water partition coefficient (Wildman–Crippen LogP) is 8.73. The van der Waals surface area contributed by atoms with Crippen LogP contribution in [0.5, 0.6) is 0 Å². The van der Waals surface area contributed by atoms with E-state index in [9.17, 15) is 35.9 Å². The normalized spacial score (nSPS) is 13.0. The zero-order chi connectivity index (χ0) is 33.9. The molecule has 242 valence electrons. The molecule has 0 aliphatic rings. The van der Waals surface area contributed by atoms with Crippen molar-refractivity contribution in [1.29, 1.82) is 0 Å². The van der Waals surface area contributed by atoms with Crippen LogP contribution in [-0.4, -0.2) is 23.4 Å². The highest BCUT2D eigenvalue weighted by Gasteiger charge is 2.38. The second-order valence-corrected chi connectivity index (χ2v) is 11.6. The summed E-state index contributed by atoms with van der Waals surface area (Å²) in [6.07, 6.45) is -10.7. The zero-order valence-corrected chi connectivity index (χ0v) is 25.0. The summed E-state index contributed by atoms with van der Waals surface area (Å²) in [6, 6.07) is 19.8. The van der Waals surface area contributed by atoms with Crippen molar-refractivity contribution in [2.45, 2.75) is 57.2 Å². The lowest BCUT2D eigenvalue weighted by Crippen LogP contribution is -2.44. The van der Waals surface area contributed by atoms with Crippen LogP contribution in [0.15, 0.2) is 97.1 Å². The first kappa shape index (κ1) is 34.4. The molecule has 0 amide bonds. The Labute approximate surface area is 261 Å². The molecule has 0 aliphatic heterocycles. The van der Waals surface area contributed by atoms with Crippen molar-refractivity contribution in [3.63, 3.8) is 0 Å². The van der Waals surface area contributed by atoms with Crippen molar-refractivity contribution in [2.24, 2.45) is 0 Å². The van der Waals surface area contributed by atoms with E-state index in [0.717, 1.165) is 29.3 Å². The average molecular weight is 646 g/mol. The average Bonchev–Trinajstić information content (AvgIpc) is 2.98. The lowest BCUT2D eigenvalue weighted by atomic mass is 9.94. The molecule has 0 radical (unpaired) electrons. The molecule has 11 heteroatoms. The standard InChI is InChI=1S/C35H30F7NO3/c1-33(2,3)46-32(45)29(43-30(21-10-6-4-7-11-21)22-12-8-5-9-13-22)19-24-16-23(14-15-28(24)36)31(44)25-17-26(34(37,38)39)20-27(18-25)35(40,41)42/h4-18,20,29-30,43H,19H2,1-3H3. The van der Waals surface area contributed by atoms with E-state index in [1.807, 2.05) is 60.7 Å². The van der Waals surface area contributed by atoms with Crippen LogP contribution in [-0.2, 0) is 28.3 Å². The van der Waals surface area contributed by atoms with E-state index < -0.39 is 64.3 Å². The lowest BCUT2D eigenvalue weighted by molar-refractivity contribution is -0.157. The van der Waals surface area contributed by atoms with Crippen molar-refractivity contribution in [2.75, 3.05) is 0 Å². The van der Waals surface area contributed by atoms with Crippen LogP contribution in [0.25, 0.3) is 0 Å². The smallest absolute Gasteiger partial charge is 0.416 e. The van der Waals surface area contributed by atoms with Crippen LogP contribution >= 0.6 is 0 Å². The SMILES string of the molecule is CC(C)(C)OC(=O)C(Cc1cc(C(=O)c2cc(C(F)(F)F)cc(C(F)(F)F)c2)ccc1F)NC(c1ccccc1)c1ccccc1. The van der Waals surface area contributed by atoms with Gasteiger partial charge in [-0.25, -0.2) is 4.39 Å².